The molecule has 0 bridgehead atoms. The first-order valence-corrected chi connectivity index (χ1v) is 7.94. The first-order chi connectivity index (χ1) is 10.5. The van der Waals surface area contributed by atoms with Crippen molar-refractivity contribution < 1.29 is 4.79 Å². The summed E-state index contributed by atoms with van der Waals surface area (Å²) in [6.07, 6.45) is 0. The number of H-pyrrole nitrogens is 1. The molecule has 1 unspecified atom stereocenters. The number of aromatic nitrogens is 3. The smallest absolute Gasteiger partial charge is 0.253 e. The molecule has 1 aromatic heterocycles. The van der Waals surface area contributed by atoms with Crippen molar-refractivity contribution in [1.29, 1.82) is 0 Å². The minimum Gasteiger partial charge on any atom is -0.342 e. The lowest BCUT2D eigenvalue weighted by atomic mass is 10.0. The average Bonchev–Trinajstić information content (AvgIpc) is 2.85. The van der Waals surface area contributed by atoms with Crippen LogP contribution in [0, 0.1) is 10.7 Å². The summed E-state index contributed by atoms with van der Waals surface area (Å²) in [4.78, 5) is 12.5. The number of nitrogens with one attached hydrogen (secondary N) is 2. The van der Waals surface area contributed by atoms with E-state index in [2.05, 4.69) is 15.5 Å². The van der Waals surface area contributed by atoms with Gasteiger partial charge in [-0.15, -0.1) is 0 Å². The van der Waals surface area contributed by atoms with Crippen LogP contribution in [-0.4, -0.2) is 20.7 Å². The number of carbonyl (C=O) groups excluding carboxylic acids is 1. The molecule has 2 aromatic rings. The van der Waals surface area contributed by atoms with Crippen molar-refractivity contribution in [2.45, 2.75) is 33.4 Å². The molecule has 1 amide bonds. The molecule has 0 aliphatic heterocycles. The normalized spacial score (nSPS) is 12.4. The van der Waals surface area contributed by atoms with Gasteiger partial charge >= 0.3 is 0 Å². The highest BCUT2D eigenvalue weighted by Crippen LogP contribution is 2.22. The van der Waals surface area contributed by atoms with Crippen LogP contribution in [0.25, 0.3) is 0 Å². The van der Waals surface area contributed by atoms with Crippen LogP contribution in [0.2, 0.25) is 5.02 Å². The Kier molecular flexibility index (Phi) is 5.37. The minimum absolute atomic E-state index is 0.155. The summed E-state index contributed by atoms with van der Waals surface area (Å²) in [6, 6.07) is 6.72. The Morgan fingerprint density at radius 2 is 2.14 bits per heavy atom. The van der Waals surface area contributed by atoms with Crippen molar-refractivity contribution in [3.05, 3.63) is 45.4 Å². The second-order valence-corrected chi connectivity index (χ2v) is 6.10. The molecule has 2 N–H and O–H groups in total. The van der Waals surface area contributed by atoms with Crippen molar-refractivity contribution in [1.82, 2.24) is 20.1 Å². The molecule has 0 radical (unpaired) electrons. The topological polar surface area (TPSA) is 62.7 Å². The quantitative estimate of drug-likeness (QED) is 0.816. The zero-order valence-corrected chi connectivity index (χ0v) is 14.3. The summed E-state index contributed by atoms with van der Waals surface area (Å²) in [5.74, 6) is 0.658. The maximum atomic E-state index is 12.5. The Labute approximate surface area is 139 Å². The zero-order valence-electron chi connectivity index (χ0n) is 12.8. The molecule has 22 heavy (non-hydrogen) atoms. The number of hydrogen-bond acceptors (Lipinski definition) is 3. The summed E-state index contributed by atoms with van der Waals surface area (Å²) in [7, 11) is 0. The van der Waals surface area contributed by atoms with Gasteiger partial charge in [0.05, 0.1) is 16.6 Å². The number of amides is 1. The lowest BCUT2D eigenvalue weighted by Gasteiger charge is -2.22. The van der Waals surface area contributed by atoms with Gasteiger partial charge in [0.25, 0.3) is 5.91 Å². The van der Waals surface area contributed by atoms with E-state index >= 15 is 0 Å². The van der Waals surface area contributed by atoms with Crippen LogP contribution in [0.4, 0.5) is 0 Å². The number of carbonyl (C=O) groups is 1. The molecule has 1 atom stereocenters. The largest absolute Gasteiger partial charge is 0.342 e. The van der Waals surface area contributed by atoms with Gasteiger partial charge in [-0.05, 0) is 37.2 Å². The Balaban J connectivity index is 2.32. The number of rotatable bonds is 5. The van der Waals surface area contributed by atoms with Crippen LogP contribution in [0.3, 0.4) is 0 Å². The van der Waals surface area contributed by atoms with Gasteiger partial charge in [-0.25, -0.2) is 0 Å². The monoisotopic (exact) mass is 338 g/mol. The van der Waals surface area contributed by atoms with Gasteiger partial charge in [0, 0.05) is 6.54 Å². The van der Waals surface area contributed by atoms with Crippen molar-refractivity contribution >= 4 is 29.7 Å². The number of nitrogens with zero attached hydrogens (tertiary/aromatic N) is 2. The molecular weight excluding hydrogens is 320 g/mol. The number of hydrogen-bond donors (Lipinski definition) is 2. The summed E-state index contributed by atoms with van der Waals surface area (Å²) in [5.41, 5.74) is 0.451. The predicted molar refractivity (Wildman–Crippen MR) is 89.6 cm³/mol. The van der Waals surface area contributed by atoms with E-state index in [9.17, 15) is 4.79 Å². The van der Waals surface area contributed by atoms with Gasteiger partial charge in [-0.3, -0.25) is 9.89 Å². The Bertz CT molecular complexity index is 722. The SMILES string of the molecule is CCn1c(C(NC(=O)c2ccccc2Cl)C(C)C)n[nH]c1=S. The van der Waals surface area contributed by atoms with Gasteiger partial charge in [-0.1, -0.05) is 37.6 Å². The molecule has 1 aromatic carbocycles. The predicted octanol–water partition coefficient (Wildman–Crippen LogP) is 3.74. The Hall–Kier alpha value is -1.66. The second kappa shape index (κ2) is 7.07. The van der Waals surface area contributed by atoms with Gasteiger partial charge in [0.2, 0.25) is 0 Å². The van der Waals surface area contributed by atoms with Gasteiger partial charge < -0.3 is 9.88 Å². The molecule has 5 nitrogen and oxygen atoms in total. The van der Waals surface area contributed by atoms with Crippen molar-refractivity contribution in [2.24, 2.45) is 5.92 Å². The van der Waals surface area contributed by atoms with E-state index in [1.165, 1.54) is 0 Å². The molecular formula is C15H19ClN4OS. The Morgan fingerprint density at radius 1 is 1.45 bits per heavy atom. The highest BCUT2D eigenvalue weighted by atomic mass is 35.5. The molecule has 118 valence electrons. The zero-order chi connectivity index (χ0) is 16.3. The number of halogens is 1. The highest BCUT2D eigenvalue weighted by Gasteiger charge is 2.24. The summed E-state index contributed by atoms with van der Waals surface area (Å²) < 4.78 is 2.43. The maximum Gasteiger partial charge on any atom is 0.253 e. The van der Waals surface area contributed by atoms with Crippen LogP contribution < -0.4 is 5.32 Å². The standard InChI is InChI=1S/C15H19ClN4OS/c1-4-20-13(18-19-15(20)22)12(9(2)3)17-14(21)10-7-5-6-8-11(10)16/h5-9,12H,4H2,1-3H3,(H,17,21)(H,19,22). The van der Waals surface area contributed by atoms with E-state index in [0.717, 1.165) is 5.82 Å². The van der Waals surface area contributed by atoms with E-state index in [-0.39, 0.29) is 17.9 Å². The summed E-state index contributed by atoms with van der Waals surface area (Å²) in [6.45, 7) is 6.72. The van der Waals surface area contributed by atoms with E-state index in [0.29, 0.717) is 21.9 Å². The molecule has 1 heterocycles. The molecule has 0 spiro atoms. The lowest BCUT2D eigenvalue weighted by molar-refractivity contribution is 0.0922. The number of benzene rings is 1. The van der Waals surface area contributed by atoms with E-state index < -0.39 is 0 Å². The van der Waals surface area contributed by atoms with Crippen LogP contribution in [0.15, 0.2) is 24.3 Å². The third-order valence-corrected chi connectivity index (χ3v) is 4.10. The number of aromatic amines is 1. The second-order valence-electron chi connectivity index (χ2n) is 5.31. The van der Waals surface area contributed by atoms with Crippen molar-refractivity contribution in [3.8, 4) is 0 Å². The fourth-order valence-electron chi connectivity index (χ4n) is 2.27. The Morgan fingerprint density at radius 3 is 2.73 bits per heavy atom. The van der Waals surface area contributed by atoms with Gasteiger partial charge in [0.1, 0.15) is 0 Å². The molecule has 0 saturated heterocycles. The third kappa shape index (κ3) is 3.39. The third-order valence-electron chi connectivity index (χ3n) is 3.45. The molecule has 2 rings (SSSR count). The molecule has 0 aliphatic rings. The maximum absolute atomic E-state index is 12.5. The first kappa shape index (κ1) is 16.7. The fraction of sp³-hybridized carbons (Fsp3) is 0.400. The van der Waals surface area contributed by atoms with Crippen LogP contribution in [-0.2, 0) is 6.54 Å². The van der Waals surface area contributed by atoms with E-state index in [4.69, 9.17) is 23.8 Å². The van der Waals surface area contributed by atoms with Crippen molar-refractivity contribution in [2.75, 3.05) is 0 Å². The summed E-state index contributed by atoms with van der Waals surface area (Å²) in [5, 5.41) is 10.5. The van der Waals surface area contributed by atoms with E-state index in [1.54, 1.807) is 24.3 Å². The summed E-state index contributed by atoms with van der Waals surface area (Å²) >= 11 is 11.3. The van der Waals surface area contributed by atoms with Crippen LogP contribution in [0.5, 0.6) is 0 Å². The first-order valence-electron chi connectivity index (χ1n) is 7.16. The van der Waals surface area contributed by atoms with Crippen molar-refractivity contribution in [3.63, 3.8) is 0 Å². The molecule has 7 heteroatoms. The lowest BCUT2D eigenvalue weighted by Crippen LogP contribution is -2.34. The van der Waals surface area contributed by atoms with E-state index in [1.807, 2.05) is 25.3 Å². The molecule has 0 saturated carbocycles. The average molecular weight is 339 g/mol. The van der Waals surface area contributed by atoms with Crippen LogP contribution in [0.1, 0.15) is 43.0 Å². The molecule has 0 fully saturated rings. The van der Waals surface area contributed by atoms with Crippen LogP contribution >= 0.6 is 23.8 Å². The minimum atomic E-state index is -0.253. The molecule has 0 aliphatic carbocycles. The van der Waals surface area contributed by atoms with Gasteiger partial charge in [-0.2, -0.15) is 5.10 Å². The fourth-order valence-corrected chi connectivity index (χ4v) is 2.76. The van der Waals surface area contributed by atoms with Gasteiger partial charge in [0.15, 0.2) is 10.6 Å². The highest BCUT2D eigenvalue weighted by molar-refractivity contribution is 7.71.